The van der Waals surface area contributed by atoms with Gasteiger partial charge in [0.05, 0.1) is 16.3 Å². The van der Waals surface area contributed by atoms with Crippen molar-refractivity contribution in [2.75, 3.05) is 25.5 Å². The third kappa shape index (κ3) is 5.01. The summed E-state index contributed by atoms with van der Waals surface area (Å²) in [5, 5.41) is 13.0. The van der Waals surface area contributed by atoms with E-state index in [1.807, 2.05) is 0 Å². The molecule has 156 valence electrons. The van der Waals surface area contributed by atoms with Crippen molar-refractivity contribution in [2.45, 2.75) is 38.0 Å². The number of aliphatic hydroxyl groups excluding tert-OH is 1. The molecule has 2 N–H and O–H groups in total. The Bertz CT molecular complexity index is 758. The Morgan fingerprint density at radius 3 is 2.43 bits per heavy atom. The third-order valence-electron chi connectivity index (χ3n) is 4.63. The van der Waals surface area contributed by atoms with Gasteiger partial charge >= 0.3 is 6.18 Å². The van der Waals surface area contributed by atoms with Crippen molar-refractivity contribution in [3.8, 4) is 0 Å². The van der Waals surface area contributed by atoms with Gasteiger partial charge in [0.2, 0.25) is 0 Å². The monoisotopic (exact) mass is 425 g/mol. The number of alkyl halides is 4. The molecule has 28 heavy (non-hydrogen) atoms. The number of benzene rings is 1. The molecule has 0 radical (unpaired) electrons. The smallest absolute Gasteiger partial charge is 0.361 e. The van der Waals surface area contributed by atoms with Gasteiger partial charge in [-0.25, -0.2) is 8.78 Å². The highest BCUT2D eigenvalue weighted by Gasteiger charge is 2.41. The predicted molar refractivity (Wildman–Crippen MR) is 98.6 cm³/mol. The Balaban J connectivity index is 2.03. The van der Waals surface area contributed by atoms with Crippen molar-refractivity contribution in [3.05, 3.63) is 40.7 Å². The molecule has 1 heterocycles. The summed E-state index contributed by atoms with van der Waals surface area (Å²) >= 11 is 6.02. The van der Waals surface area contributed by atoms with Crippen molar-refractivity contribution in [3.63, 3.8) is 0 Å². The van der Waals surface area contributed by atoms with Crippen LogP contribution in [0.5, 0.6) is 0 Å². The maximum atomic E-state index is 15.2. The number of hydrogen-bond acceptors (Lipinski definition) is 4. The Labute approximate surface area is 164 Å². The Morgan fingerprint density at radius 1 is 1.36 bits per heavy atom. The normalized spacial score (nSPS) is 20.2. The summed E-state index contributed by atoms with van der Waals surface area (Å²) in [5.41, 5.74) is -3.01. The predicted octanol–water partition coefficient (Wildman–Crippen LogP) is 4.55. The quantitative estimate of drug-likeness (QED) is 0.413. The van der Waals surface area contributed by atoms with Crippen molar-refractivity contribution < 1.29 is 27.1 Å². The lowest BCUT2D eigenvalue weighted by Crippen LogP contribution is -2.51. The summed E-state index contributed by atoms with van der Waals surface area (Å²) in [6, 6.07) is 2.27. The van der Waals surface area contributed by atoms with Crippen LogP contribution in [0.25, 0.3) is 0 Å². The van der Waals surface area contributed by atoms with Crippen molar-refractivity contribution in [1.82, 2.24) is 4.90 Å². The Kier molecular flexibility index (Phi) is 7.06. The van der Waals surface area contributed by atoms with Crippen molar-refractivity contribution in [2.24, 2.45) is 4.99 Å². The van der Waals surface area contributed by atoms with Gasteiger partial charge in [0.15, 0.2) is 12.0 Å². The average Bonchev–Trinajstić information content (AvgIpc) is 2.61. The molecule has 1 aliphatic rings. The molecule has 1 aromatic carbocycles. The van der Waals surface area contributed by atoms with Gasteiger partial charge in [-0.15, -0.1) is 0 Å². The second-order valence-electron chi connectivity index (χ2n) is 6.42. The molecule has 0 saturated carbocycles. The molecule has 0 bridgehead atoms. The number of halogens is 6. The van der Waals surface area contributed by atoms with E-state index in [9.17, 15) is 22.7 Å². The maximum absolute atomic E-state index is 15.2. The molecule has 1 aliphatic heterocycles. The number of aliphatic imine (C=N–C) groups is 1. The Hall–Kier alpha value is -1.71. The molecule has 0 aromatic heterocycles. The maximum Gasteiger partial charge on any atom is 0.419 e. The first-order valence-corrected chi connectivity index (χ1v) is 8.93. The first-order chi connectivity index (χ1) is 13.0. The molecule has 10 heteroatoms. The largest absolute Gasteiger partial charge is 0.419 e. The standard InChI is InChI=1S/C18H21ClF5N3O/c1-3-13(19)15(25-2)17(21)6-8-27(9-7-17)16(28)26-11-4-5-12(14(20)10-11)18(22,23)24/h3-5,10,16,26,28H,6-9H2,1-2H3. The molecule has 0 aliphatic carbocycles. The minimum atomic E-state index is -4.80. The summed E-state index contributed by atoms with van der Waals surface area (Å²) in [7, 11) is 1.45. The fourth-order valence-corrected chi connectivity index (χ4v) is 3.35. The third-order valence-corrected chi connectivity index (χ3v) is 5.03. The summed E-state index contributed by atoms with van der Waals surface area (Å²) in [4.78, 5) is 5.43. The second kappa shape index (κ2) is 8.75. The van der Waals surface area contributed by atoms with Crippen LogP contribution in [0, 0.1) is 5.82 Å². The molecule has 1 saturated heterocycles. The lowest BCUT2D eigenvalue weighted by atomic mass is 9.88. The number of rotatable bonds is 5. The van der Waals surface area contributed by atoms with E-state index in [2.05, 4.69) is 10.3 Å². The van der Waals surface area contributed by atoms with Crippen LogP contribution in [0.2, 0.25) is 0 Å². The zero-order chi connectivity index (χ0) is 21.1. The van der Waals surface area contributed by atoms with Gasteiger partial charge in [0.25, 0.3) is 0 Å². The van der Waals surface area contributed by atoms with Gasteiger partial charge in [-0.05, 0) is 25.1 Å². The van der Waals surface area contributed by atoms with Crippen LogP contribution >= 0.6 is 11.6 Å². The molecular formula is C18H21ClF5N3O. The summed E-state index contributed by atoms with van der Waals surface area (Å²) in [6.45, 7) is 1.95. The topological polar surface area (TPSA) is 47.9 Å². The molecular weight excluding hydrogens is 405 g/mol. The van der Waals surface area contributed by atoms with Gasteiger partial charge in [-0.2, -0.15) is 13.2 Å². The molecule has 1 unspecified atom stereocenters. The van der Waals surface area contributed by atoms with E-state index in [0.29, 0.717) is 12.1 Å². The van der Waals surface area contributed by atoms with Crippen LogP contribution in [0.1, 0.15) is 25.3 Å². The highest BCUT2D eigenvalue weighted by molar-refractivity contribution is 6.44. The fraction of sp³-hybridized carbons (Fsp3) is 0.500. The number of aliphatic hydroxyl groups is 1. The minimum absolute atomic E-state index is 0.0177. The van der Waals surface area contributed by atoms with E-state index in [4.69, 9.17) is 11.6 Å². The number of nitrogens with one attached hydrogen (secondary N) is 1. The zero-order valence-electron chi connectivity index (χ0n) is 15.3. The van der Waals surface area contributed by atoms with E-state index in [-0.39, 0.29) is 42.4 Å². The van der Waals surface area contributed by atoms with E-state index < -0.39 is 29.6 Å². The molecule has 4 nitrogen and oxygen atoms in total. The summed E-state index contributed by atoms with van der Waals surface area (Å²) < 4.78 is 66.7. The van der Waals surface area contributed by atoms with Crippen LogP contribution in [0.4, 0.5) is 27.6 Å². The SMILES string of the molecule is CC=C(Cl)C(=NC)C1(F)CCN(C(O)Nc2ccc(C(F)(F)F)c(F)c2)CC1. The van der Waals surface area contributed by atoms with Gasteiger partial charge < -0.3 is 10.4 Å². The second-order valence-corrected chi connectivity index (χ2v) is 6.83. The fourth-order valence-electron chi connectivity index (χ4n) is 3.09. The molecule has 2 rings (SSSR count). The van der Waals surface area contributed by atoms with Gasteiger partial charge in [0.1, 0.15) is 5.82 Å². The number of hydrogen-bond donors (Lipinski definition) is 2. The van der Waals surface area contributed by atoms with Crippen LogP contribution in [-0.4, -0.2) is 47.9 Å². The van der Waals surface area contributed by atoms with Crippen molar-refractivity contribution >= 4 is 23.0 Å². The molecule has 0 spiro atoms. The average molecular weight is 426 g/mol. The van der Waals surface area contributed by atoms with E-state index in [1.54, 1.807) is 13.0 Å². The summed E-state index contributed by atoms with van der Waals surface area (Å²) in [6.07, 6.45) is -4.54. The first-order valence-electron chi connectivity index (χ1n) is 8.55. The first kappa shape index (κ1) is 22.6. The van der Waals surface area contributed by atoms with Crippen LogP contribution in [0.15, 0.2) is 34.3 Å². The van der Waals surface area contributed by atoms with Gasteiger partial charge in [-0.3, -0.25) is 9.89 Å². The lowest BCUT2D eigenvalue weighted by molar-refractivity contribution is -0.139. The molecule has 1 fully saturated rings. The number of piperidine rings is 1. The van der Waals surface area contributed by atoms with Gasteiger partial charge in [-0.1, -0.05) is 17.7 Å². The number of anilines is 1. The van der Waals surface area contributed by atoms with Crippen LogP contribution < -0.4 is 5.32 Å². The Morgan fingerprint density at radius 2 is 1.96 bits per heavy atom. The lowest BCUT2D eigenvalue weighted by Gasteiger charge is -2.39. The van der Waals surface area contributed by atoms with E-state index in [0.717, 1.165) is 6.07 Å². The highest BCUT2D eigenvalue weighted by Crippen LogP contribution is 2.34. The highest BCUT2D eigenvalue weighted by atomic mass is 35.5. The number of likely N-dealkylation sites (tertiary alicyclic amines) is 1. The van der Waals surface area contributed by atoms with Gasteiger partial charge in [0, 0.05) is 38.7 Å². The zero-order valence-corrected chi connectivity index (χ0v) is 16.1. The van der Waals surface area contributed by atoms with Crippen LogP contribution in [0.3, 0.4) is 0 Å². The summed E-state index contributed by atoms with van der Waals surface area (Å²) in [5.74, 6) is -1.45. The molecule has 0 amide bonds. The van der Waals surface area contributed by atoms with E-state index in [1.165, 1.54) is 11.9 Å². The van der Waals surface area contributed by atoms with Crippen molar-refractivity contribution in [1.29, 1.82) is 0 Å². The number of allylic oxidation sites excluding steroid dienone is 2. The molecule has 1 atom stereocenters. The minimum Gasteiger partial charge on any atom is -0.361 e. The van der Waals surface area contributed by atoms with E-state index >= 15 is 4.39 Å². The molecule has 1 aromatic rings. The van der Waals surface area contributed by atoms with Crippen LogP contribution in [-0.2, 0) is 6.18 Å². The number of nitrogens with zero attached hydrogens (tertiary/aromatic N) is 2.